The van der Waals surface area contributed by atoms with E-state index in [4.69, 9.17) is 27.9 Å². The molecule has 0 radical (unpaired) electrons. The van der Waals surface area contributed by atoms with Crippen molar-refractivity contribution in [2.75, 3.05) is 6.61 Å². The van der Waals surface area contributed by atoms with Crippen molar-refractivity contribution < 1.29 is 4.74 Å². The fraction of sp³-hybridized carbons (Fsp3) is 0.250. The second-order valence-corrected chi connectivity index (χ2v) is 6.19. The normalized spacial score (nSPS) is 12.2. The SMILES string of the molecule is CCOc1cc(Cl)c(C(Br)c2ccccc2C)cc1Cl. The summed E-state index contributed by atoms with van der Waals surface area (Å²) in [4.78, 5) is 0.00405. The fourth-order valence-corrected chi connectivity index (χ4v) is 3.56. The van der Waals surface area contributed by atoms with Crippen molar-refractivity contribution in [1.82, 2.24) is 0 Å². The first-order valence-electron chi connectivity index (χ1n) is 6.36. The van der Waals surface area contributed by atoms with Crippen molar-refractivity contribution in [3.05, 3.63) is 63.1 Å². The highest BCUT2D eigenvalue weighted by atomic mass is 79.9. The summed E-state index contributed by atoms with van der Waals surface area (Å²) in [6, 6.07) is 11.8. The van der Waals surface area contributed by atoms with E-state index < -0.39 is 0 Å². The van der Waals surface area contributed by atoms with Crippen LogP contribution in [0.1, 0.15) is 28.4 Å². The maximum Gasteiger partial charge on any atom is 0.139 e. The minimum atomic E-state index is 0.00405. The Hall–Kier alpha value is -0.700. The summed E-state index contributed by atoms with van der Waals surface area (Å²) in [7, 11) is 0. The molecule has 0 N–H and O–H groups in total. The van der Waals surface area contributed by atoms with Crippen LogP contribution in [0.2, 0.25) is 10.0 Å². The number of hydrogen-bond acceptors (Lipinski definition) is 1. The second kappa shape index (κ2) is 6.84. The maximum atomic E-state index is 6.37. The first-order chi connectivity index (χ1) is 9.54. The summed E-state index contributed by atoms with van der Waals surface area (Å²) in [6.07, 6.45) is 0. The van der Waals surface area contributed by atoms with Crippen LogP contribution in [0.3, 0.4) is 0 Å². The van der Waals surface area contributed by atoms with Gasteiger partial charge in [-0.2, -0.15) is 0 Å². The Morgan fingerprint density at radius 1 is 1.10 bits per heavy atom. The van der Waals surface area contributed by atoms with Crippen LogP contribution in [0.15, 0.2) is 36.4 Å². The topological polar surface area (TPSA) is 9.23 Å². The number of alkyl halides is 1. The predicted molar refractivity (Wildman–Crippen MR) is 89.6 cm³/mol. The van der Waals surface area contributed by atoms with E-state index in [9.17, 15) is 0 Å². The molecule has 1 nitrogen and oxygen atoms in total. The molecule has 4 heteroatoms. The molecular formula is C16H15BrCl2O. The highest BCUT2D eigenvalue weighted by Crippen LogP contribution is 2.41. The van der Waals surface area contributed by atoms with Gasteiger partial charge in [0.25, 0.3) is 0 Å². The van der Waals surface area contributed by atoms with E-state index in [1.807, 2.05) is 25.1 Å². The summed E-state index contributed by atoms with van der Waals surface area (Å²) < 4.78 is 5.45. The van der Waals surface area contributed by atoms with Gasteiger partial charge in [-0.1, -0.05) is 63.4 Å². The lowest BCUT2D eigenvalue weighted by atomic mass is 10.0. The van der Waals surface area contributed by atoms with Crippen LogP contribution in [-0.2, 0) is 0 Å². The molecule has 2 aromatic rings. The van der Waals surface area contributed by atoms with Crippen LogP contribution in [0.25, 0.3) is 0 Å². The van der Waals surface area contributed by atoms with Crippen LogP contribution >= 0.6 is 39.1 Å². The third kappa shape index (κ3) is 3.30. The van der Waals surface area contributed by atoms with E-state index >= 15 is 0 Å². The van der Waals surface area contributed by atoms with Gasteiger partial charge in [0.05, 0.1) is 16.5 Å². The van der Waals surface area contributed by atoms with Gasteiger partial charge in [-0.25, -0.2) is 0 Å². The van der Waals surface area contributed by atoms with E-state index in [-0.39, 0.29) is 4.83 Å². The van der Waals surface area contributed by atoms with E-state index in [1.165, 1.54) is 11.1 Å². The van der Waals surface area contributed by atoms with Gasteiger partial charge in [-0.3, -0.25) is 0 Å². The highest BCUT2D eigenvalue weighted by Gasteiger charge is 2.18. The minimum absolute atomic E-state index is 0.00405. The van der Waals surface area contributed by atoms with Crippen LogP contribution in [0.4, 0.5) is 0 Å². The third-order valence-electron chi connectivity index (χ3n) is 3.09. The molecule has 1 atom stereocenters. The zero-order chi connectivity index (χ0) is 14.7. The van der Waals surface area contributed by atoms with E-state index in [0.717, 1.165) is 5.56 Å². The largest absolute Gasteiger partial charge is 0.492 e. The van der Waals surface area contributed by atoms with Crippen molar-refractivity contribution in [2.45, 2.75) is 18.7 Å². The quantitative estimate of drug-likeness (QED) is 0.581. The van der Waals surface area contributed by atoms with Crippen LogP contribution < -0.4 is 4.74 Å². The summed E-state index contributed by atoms with van der Waals surface area (Å²) in [5.74, 6) is 0.618. The van der Waals surface area contributed by atoms with Crippen molar-refractivity contribution in [3.8, 4) is 5.75 Å². The van der Waals surface area contributed by atoms with Gasteiger partial charge in [-0.15, -0.1) is 0 Å². The van der Waals surface area contributed by atoms with E-state index in [2.05, 4.69) is 35.0 Å². The van der Waals surface area contributed by atoms with E-state index in [1.54, 1.807) is 6.07 Å². The Bertz CT molecular complexity index is 613. The molecule has 0 saturated carbocycles. The average molecular weight is 374 g/mol. The maximum absolute atomic E-state index is 6.37. The molecule has 0 bridgehead atoms. The molecule has 0 amide bonds. The number of rotatable bonds is 4. The zero-order valence-corrected chi connectivity index (χ0v) is 14.4. The van der Waals surface area contributed by atoms with Crippen molar-refractivity contribution in [1.29, 1.82) is 0 Å². The van der Waals surface area contributed by atoms with Crippen LogP contribution in [0, 0.1) is 6.92 Å². The van der Waals surface area contributed by atoms with Crippen molar-refractivity contribution >= 4 is 39.1 Å². The molecule has 0 fully saturated rings. The Morgan fingerprint density at radius 3 is 2.45 bits per heavy atom. The van der Waals surface area contributed by atoms with Crippen LogP contribution in [-0.4, -0.2) is 6.61 Å². The van der Waals surface area contributed by atoms with Gasteiger partial charge in [0.1, 0.15) is 5.75 Å². The molecule has 20 heavy (non-hydrogen) atoms. The molecular weight excluding hydrogens is 359 g/mol. The number of aryl methyl sites for hydroxylation is 1. The molecule has 0 aliphatic heterocycles. The summed E-state index contributed by atoms with van der Waals surface area (Å²) in [6.45, 7) is 4.55. The van der Waals surface area contributed by atoms with Crippen molar-refractivity contribution in [3.63, 3.8) is 0 Å². The minimum Gasteiger partial charge on any atom is -0.492 e. The standard InChI is InChI=1S/C16H15BrCl2O/c1-3-20-15-9-13(18)12(8-14(15)19)16(17)11-7-5-4-6-10(11)2/h4-9,16H,3H2,1-2H3. The molecule has 1 unspecified atom stereocenters. The third-order valence-corrected chi connectivity index (χ3v) is 4.69. The lowest BCUT2D eigenvalue weighted by Crippen LogP contribution is -1.99. The number of hydrogen-bond donors (Lipinski definition) is 0. The first-order valence-corrected chi connectivity index (χ1v) is 8.03. The molecule has 0 spiro atoms. The Balaban J connectivity index is 2.43. The number of benzene rings is 2. The van der Waals surface area contributed by atoms with E-state index in [0.29, 0.717) is 22.4 Å². The van der Waals surface area contributed by atoms with Gasteiger partial charge in [0, 0.05) is 11.1 Å². The van der Waals surface area contributed by atoms with Crippen molar-refractivity contribution in [2.24, 2.45) is 0 Å². The molecule has 106 valence electrons. The molecule has 0 aromatic heterocycles. The Morgan fingerprint density at radius 2 is 1.80 bits per heavy atom. The number of ether oxygens (including phenoxy) is 1. The van der Waals surface area contributed by atoms with Crippen LogP contribution in [0.5, 0.6) is 5.75 Å². The summed E-state index contributed by atoms with van der Waals surface area (Å²) in [5.41, 5.74) is 3.32. The average Bonchev–Trinajstić information content (AvgIpc) is 2.42. The lowest BCUT2D eigenvalue weighted by molar-refractivity contribution is 0.340. The molecule has 2 rings (SSSR count). The van der Waals surface area contributed by atoms with Gasteiger partial charge < -0.3 is 4.74 Å². The molecule has 0 saturated heterocycles. The first kappa shape index (κ1) is 15.7. The van der Waals surface area contributed by atoms with Gasteiger partial charge in [0.15, 0.2) is 0 Å². The molecule has 0 heterocycles. The predicted octanol–water partition coefficient (Wildman–Crippen LogP) is 6.18. The second-order valence-electron chi connectivity index (χ2n) is 4.46. The highest BCUT2D eigenvalue weighted by molar-refractivity contribution is 9.09. The molecule has 2 aromatic carbocycles. The summed E-state index contributed by atoms with van der Waals surface area (Å²) >= 11 is 16.3. The van der Waals surface area contributed by atoms with Gasteiger partial charge >= 0.3 is 0 Å². The molecule has 0 aliphatic rings. The zero-order valence-electron chi connectivity index (χ0n) is 11.3. The van der Waals surface area contributed by atoms with Gasteiger partial charge in [0.2, 0.25) is 0 Å². The van der Waals surface area contributed by atoms with Gasteiger partial charge in [-0.05, 0) is 36.6 Å². The number of halogens is 3. The lowest BCUT2D eigenvalue weighted by Gasteiger charge is -2.17. The Labute approximate surface area is 138 Å². The molecule has 0 aliphatic carbocycles. The summed E-state index contributed by atoms with van der Waals surface area (Å²) in [5, 5.41) is 1.22. The Kier molecular flexibility index (Phi) is 5.36. The monoisotopic (exact) mass is 372 g/mol. The fourth-order valence-electron chi connectivity index (χ4n) is 2.04. The smallest absolute Gasteiger partial charge is 0.139 e.